The van der Waals surface area contributed by atoms with E-state index in [0.717, 1.165) is 25.7 Å². The third kappa shape index (κ3) is 4.34. The minimum atomic E-state index is -3.49. The molecule has 4 bridgehead atoms. The molecule has 1 amide bonds. The number of nitrogens with one attached hydrogen (secondary N) is 3. The van der Waals surface area contributed by atoms with E-state index in [2.05, 4.69) is 15.4 Å². The Morgan fingerprint density at radius 3 is 2.14 bits per heavy atom. The topological polar surface area (TPSA) is 87.3 Å². The van der Waals surface area contributed by atoms with Crippen LogP contribution in [0.3, 0.4) is 0 Å². The lowest BCUT2D eigenvalue weighted by Crippen LogP contribution is -2.55. The minimum Gasteiger partial charge on any atom is -0.332 e. The van der Waals surface area contributed by atoms with Gasteiger partial charge in [0.15, 0.2) is 5.11 Å². The number of hydrogen-bond acceptors (Lipinski definition) is 4. The van der Waals surface area contributed by atoms with E-state index in [1.807, 2.05) is 6.92 Å². The second-order valence-corrected chi connectivity index (χ2v) is 11.2. The van der Waals surface area contributed by atoms with Crippen LogP contribution in [0.4, 0.5) is 5.69 Å². The van der Waals surface area contributed by atoms with E-state index >= 15 is 0 Å². The molecule has 0 heterocycles. The van der Waals surface area contributed by atoms with Gasteiger partial charge in [-0.2, -0.15) is 0 Å². The number of anilines is 1. The zero-order valence-corrected chi connectivity index (χ0v) is 18.4. The van der Waals surface area contributed by atoms with Crippen molar-refractivity contribution in [3.63, 3.8) is 0 Å². The Morgan fingerprint density at radius 1 is 1.07 bits per heavy atom. The number of rotatable bonds is 6. The van der Waals surface area contributed by atoms with Crippen molar-refractivity contribution in [3.8, 4) is 0 Å². The maximum absolute atomic E-state index is 13.1. The number of thiocarbonyl (C=S) groups is 1. The minimum absolute atomic E-state index is 0.0528. The Morgan fingerprint density at radius 2 is 1.62 bits per heavy atom. The average molecular weight is 436 g/mol. The highest BCUT2D eigenvalue weighted by atomic mass is 32.2. The third-order valence-corrected chi connectivity index (χ3v) is 8.39. The highest BCUT2D eigenvalue weighted by molar-refractivity contribution is 7.89. The van der Waals surface area contributed by atoms with Crippen molar-refractivity contribution in [1.29, 1.82) is 0 Å². The van der Waals surface area contributed by atoms with Crippen LogP contribution in [-0.2, 0) is 14.8 Å². The van der Waals surface area contributed by atoms with Gasteiger partial charge in [0.1, 0.15) is 0 Å². The van der Waals surface area contributed by atoms with Crippen LogP contribution in [-0.4, -0.2) is 26.0 Å². The molecule has 0 radical (unpaired) electrons. The fourth-order valence-corrected chi connectivity index (χ4v) is 7.17. The predicted octanol–water partition coefficient (Wildman–Crippen LogP) is 3.40. The van der Waals surface area contributed by atoms with E-state index in [9.17, 15) is 13.2 Å². The zero-order valence-electron chi connectivity index (χ0n) is 16.7. The van der Waals surface area contributed by atoms with Gasteiger partial charge >= 0.3 is 0 Å². The van der Waals surface area contributed by atoms with Crippen molar-refractivity contribution in [2.75, 3.05) is 11.9 Å². The van der Waals surface area contributed by atoms with Gasteiger partial charge in [-0.3, -0.25) is 4.79 Å². The lowest BCUT2D eigenvalue weighted by Gasteiger charge is -2.55. The molecule has 0 saturated heterocycles. The van der Waals surface area contributed by atoms with Gasteiger partial charge < -0.3 is 10.6 Å². The number of amides is 1. The molecule has 0 unspecified atom stereocenters. The van der Waals surface area contributed by atoms with E-state index in [-0.39, 0.29) is 21.3 Å². The third-order valence-electron chi connectivity index (χ3n) is 6.71. The molecule has 3 N–H and O–H groups in total. The average Bonchev–Trinajstić information content (AvgIpc) is 2.65. The fourth-order valence-electron chi connectivity index (χ4n) is 5.82. The Kier molecular flexibility index (Phi) is 5.70. The van der Waals surface area contributed by atoms with Gasteiger partial charge in [0, 0.05) is 12.2 Å². The molecule has 8 heteroatoms. The summed E-state index contributed by atoms with van der Waals surface area (Å²) in [6.45, 7) is 2.32. The Hall–Kier alpha value is -1.51. The molecule has 0 aromatic heterocycles. The molecule has 158 valence electrons. The number of sulfonamides is 1. The van der Waals surface area contributed by atoms with E-state index in [1.165, 1.54) is 31.4 Å². The van der Waals surface area contributed by atoms with Crippen molar-refractivity contribution in [2.45, 2.75) is 56.8 Å². The lowest BCUT2D eigenvalue weighted by molar-refractivity contribution is -0.144. The number of hydrogen-bond donors (Lipinski definition) is 3. The molecule has 0 aliphatic heterocycles. The monoisotopic (exact) mass is 435 g/mol. The molecule has 0 atom stereocenters. The first kappa shape index (κ1) is 20.8. The number of benzene rings is 1. The summed E-state index contributed by atoms with van der Waals surface area (Å²) in [5.41, 5.74) is 0.402. The summed E-state index contributed by atoms with van der Waals surface area (Å²) in [6.07, 6.45) is 7.57. The molecule has 1 aromatic rings. The molecule has 1 aromatic carbocycles. The quantitative estimate of drug-likeness (QED) is 0.596. The molecule has 0 spiro atoms. The van der Waals surface area contributed by atoms with Crippen LogP contribution in [0.15, 0.2) is 29.2 Å². The second kappa shape index (κ2) is 7.96. The molecule has 6 nitrogen and oxygen atoms in total. The number of carbonyl (C=O) groups is 1. The molecule has 5 rings (SSSR count). The van der Waals surface area contributed by atoms with Gasteiger partial charge in [0.2, 0.25) is 15.9 Å². The molecule has 4 aliphatic rings. The number of carbonyl (C=O) groups excluding carboxylic acids is 1. The van der Waals surface area contributed by atoms with E-state index in [0.29, 0.717) is 30.0 Å². The van der Waals surface area contributed by atoms with E-state index in [1.54, 1.807) is 12.1 Å². The fraction of sp³-hybridized carbons (Fsp3) is 0.619. The summed E-state index contributed by atoms with van der Waals surface area (Å²) < 4.78 is 26.9. The first-order valence-electron chi connectivity index (χ1n) is 10.5. The van der Waals surface area contributed by atoms with Crippen molar-refractivity contribution >= 4 is 38.9 Å². The smallest absolute Gasteiger partial charge is 0.240 e. The van der Waals surface area contributed by atoms with E-state index < -0.39 is 10.0 Å². The normalized spacial score (nSPS) is 30.2. The van der Waals surface area contributed by atoms with Gasteiger partial charge in [0.25, 0.3) is 0 Å². The van der Waals surface area contributed by atoms with Crippen LogP contribution in [0.25, 0.3) is 0 Å². The molecule has 29 heavy (non-hydrogen) atoms. The molecular formula is C21H29N3O3S2. The zero-order chi connectivity index (χ0) is 20.6. The summed E-state index contributed by atoms with van der Waals surface area (Å²) in [7, 11) is -3.49. The van der Waals surface area contributed by atoms with Crippen molar-refractivity contribution in [2.24, 2.45) is 23.2 Å². The van der Waals surface area contributed by atoms with Gasteiger partial charge in [-0.15, -0.1) is 0 Å². The highest BCUT2D eigenvalue weighted by Gasteiger charge is 2.54. The van der Waals surface area contributed by atoms with Crippen LogP contribution in [0.2, 0.25) is 0 Å². The standard InChI is InChI=1S/C21H29N3O3S2/c1-2-7-22-29(26,27)18-5-3-17(4-6-18)23-20(28)24-19(25)21-11-14-8-15(12-21)10-16(9-14)13-21/h3-6,14-16,22H,2,7-13H2,1H3,(H2,23,24,25,28). The maximum Gasteiger partial charge on any atom is 0.240 e. The molecule has 4 aliphatic carbocycles. The Balaban J connectivity index is 1.36. The first-order valence-corrected chi connectivity index (χ1v) is 12.4. The summed E-state index contributed by atoms with van der Waals surface area (Å²) >= 11 is 5.36. The van der Waals surface area contributed by atoms with Gasteiger partial charge in [-0.1, -0.05) is 6.92 Å². The van der Waals surface area contributed by atoms with Crippen molar-refractivity contribution in [1.82, 2.24) is 10.0 Å². The lowest BCUT2D eigenvalue weighted by atomic mass is 9.49. The van der Waals surface area contributed by atoms with Crippen molar-refractivity contribution < 1.29 is 13.2 Å². The Labute approximate surface area is 178 Å². The molecule has 4 saturated carbocycles. The van der Waals surface area contributed by atoms with Crippen LogP contribution in [0.5, 0.6) is 0 Å². The van der Waals surface area contributed by atoms with Crippen LogP contribution < -0.4 is 15.4 Å². The SMILES string of the molecule is CCCNS(=O)(=O)c1ccc(NC(=S)NC(=O)C23CC4CC(CC(C4)C2)C3)cc1. The molecule has 4 fully saturated rings. The highest BCUT2D eigenvalue weighted by Crippen LogP contribution is 2.60. The van der Waals surface area contributed by atoms with E-state index in [4.69, 9.17) is 12.2 Å². The maximum atomic E-state index is 13.1. The van der Waals surface area contributed by atoms with Crippen molar-refractivity contribution in [3.05, 3.63) is 24.3 Å². The second-order valence-electron chi connectivity index (χ2n) is 9.03. The predicted molar refractivity (Wildman–Crippen MR) is 117 cm³/mol. The summed E-state index contributed by atoms with van der Waals surface area (Å²) in [4.78, 5) is 13.3. The van der Waals surface area contributed by atoms with Crippen LogP contribution in [0, 0.1) is 23.2 Å². The first-order chi connectivity index (χ1) is 13.8. The van der Waals surface area contributed by atoms with Gasteiger partial charge in [-0.25, -0.2) is 13.1 Å². The summed E-state index contributed by atoms with van der Waals surface area (Å²) in [5, 5.41) is 6.19. The van der Waals surface area contributed by atoms with Gasteiger partial charge in [-0.05, 0) is 99.2 Å². The van der Waals surface area contributed by atoms with Gasteiger partial charge in [0.05, 0.1) is 10.3 Å². The summed E-state index contributed by atoms with van der Waals surface area (Å²) in [6, 6.07) is 6.38. The molecular weight excluding hydrogens is 406 g/mol. The van der Waals surface area contributed by atoms with Crippen LogP contribution in [0.1, 0.15) is 51.9 Å². The Bertz CT molecular complexity index is 861. The summed E-state index contributed by atoms with van der Waals surface area (Å²) in [5.74, 6) is 2.15. The largest absolute Gasteiger partial charge is 0.332 e. The van der Waals surface area contributed by atoms with Crippen LogP contribution >= 0.6 is 12.2 Å².